The predicted molar refractivity (Wildman–Crippen MR) is 55.7 cm³/mol. The van der Waals surface area contributed by atoms with Crippen LogP contribution in [0.1, 0.15) is 18.9 Å². The van der Waals surface area contributed by atoms with Gasteiger partial charge in [0.2, 0.25) is 0 Å². The fourth-order valence-corrected chi connectivity index (χ4v) is 0.951. The second kappa shape index (κ2) is 7.71. The lowest BCUT2D eigenvalue weighted by Gasteiger charge is -1.96. The van der Waals surface area contributed by atoms with Crippen molar-refractivity contribution in [2.24, 2.45) is 0 Å². The molecule has 4 N–H and O–H groups in total. The van der Waals surface area contributed by atoms with Crippen LogP contribution in [0.25, 0.3) is 0 Å². The summed E-state index contributed by atoms with van der Waals surface area (Å²) in [4.78, 5) is 21.7. The molecule has 14 heavy (non-hydrogen) atoms. The number of aryl methyl sites for hydroxylation is 1. The van der Waals surface area contributed by atoms with Crippen LogP contribution in [0.5, 0.6) is 5.75 Å². The Labute approximate surface area is 84.5 Å². The van der Waals surface area contributed by atoms with Crippen LogP contribution in [-0.2, 0) is 6.42 Å². The number of hydrogen-bond acceptors (Lipinski definition) is 4. The van der Waals surface area contributed by atoms with E-state index >= 15 is 0 Å². The Hall–Kier alpha value is -0.670. The van der Waals surface area contributed by atoms with Crippen molar-refractivity contribution in [2.45, 2.75) is 19.8 Å². The summed E-state index contributed by atoms with van der Waals surface area (Å²) in [5.41, 5.74) is 1.29. The molecule has 0 amide bonds. The summed E-state index contributed by atoms with van der Waals surface area (Å²) in [7, 11) is -2.62. The van der Waals surface area contributed by atoms with Crippen molar-refractivity contribution in [3.63, 3.8) is 0 Å². The molecule has 0 aromatic heterocycles. The number of benzene rings is 1. The Morgan fingerprint density at radius 1 is 1.07 bits per heavy atom. The minimum Gasteiger partial charge on any atom is -0.508 e. The zero-order valence-corrected chi connectivity index (χ0v) is 8.85. The fraction of sp³-hybridized carbons (Fsp3) is 0.333. The lowest BCUT2D eigenvalue weighted by atomic mass is 10.1. The van der Waals surface area contributed by atoms with E-state index in [1.165, 1.54) is 5.56 Å². The highest BCUT2D eigenvalue weighted by molar-refractivity contribution is 7.38. The van der Waals surface area contributed by atoms with Gasteiger partial charge in [-0.15, -0.1) is 0 Å². The molecule has 0 heterocycles. The monoisotopic (exact) mass is 218 g/mol. The van der Waals surface area contributed by atoms with Gasteiger partial charge in [-0.25, -0.2) is 0 Å². The third kappa shape index (κ3) is 7.95. The molecule has 0 aliphatic carbocycles. The van der Waals surface area contributed by atoms with E-state index in [1.807, 2.05) is 12.1 Å². The van der Waals surface area contributed by atoms with E-state index in [0.717, 1.165) is 12.8 Å². The first-order valence-electron chi connectivity index (χ1n) is 4.21. The average molecular weight is 218 g/mol. The van der Waals surface area contributed by atoms with Gasteiger partial charge in [0, 0.05) is 0 Å². The van der Waals surface area contributed by atoms with E-state index in [0.29, 0.717) is 5.75 Å². The van der Waals surface area contributed by atoms with Crippen molar-refractivity contribution < 1.29 is 19.8 Å². The fourth-order valence-electron chi connectivity index (χ4n) is 0.951. The number of aromatic hydroxyl groups is 1. The molecule has 0 fully saturated rings. The highest BCUT2D eigenvalue weighted by atomic mass is 31.2. The molecular weight excluding hydrogens is 203 g/mol. The van der Waals surface area contributed by atoms with Gasteiger partial charge in [-0.1, -0.05) is 25.5 Å². The second-order valence-corrected chi connectivity index (χ2v) is 3.22. The number of rotatable bonds is 2. The minimum absolute atomic E-state index is 0.347. The van der Waals surface area contributed by atoms with Crippen LogP contribution >= 0.6 is 8.60 Å². The van der Waals surface area contributed by atoms with Gasteiger partial charge in [-0.2, -0.15) is 0 Å². The van der Waals surface area contributed by atoms with Crippen LogP contribution in [0.15, 0.2) is 24.3 Å². The zero-order valence-electron chi connectivity index (χ0n) is 7.96. The van der Waals surface area contributed by atoms with Gasteiger partial charge in [0.25, 0.3) is 0 Å². The Bertz CT molecular complexity index is 232. The lowest BCUT2D eigenvalue weighted by Crippen LogP contribution is -1.79. The van der Waals surface area contributed by atoms with E-state index < -0.39 is 8.60 Å². The first kappa shape index (κ1) is 13.3. The van der Waals surface area contributed by atoms with E-state index in [2.05, 4.69) is 6.92 Å². The van der Waals surface area contributed by atoms with Gasteiger partial charge in [0.1, 0.15) is 5.75 Å². The molecule has 5 heteroatoms. The minimum atomic E-state index is -2.62. The van der Waals surface area contributed by atoms with E-state index in [-0.39, 0.29) is 0 Å². The van der Waals surface area contributed by atoms with Crippen LogP contribution in [-0.4, -0.2) is 19.8 Å². The smallest absolute Gasteiger partial charge is 0.324 e. The van der Waals surface area contributed by atoms with Crippen LogP contribution in [0, 0.1) is 0 Å². The zero-order chi connectivity index (χ0) is 11.0. The van der Waals surface area contributed by atoms with Gasteiger partial charge in [0.05, 0.1) is 0 Å². The molecule has 0 saturated heterocycles. The molecule has 0 aliphatic heterocycles. The molecule has 0 bridgehead atoms. The molecule has 0 saturated carbocycles. The Morgan fingerprint density at radius 2 is 1.50 bits per heavy atom. The lowest BCUT2D eigenvalue weighted by molar-refractivity contribution is 0.368. The molecule has 0 atom stereocenters. The van der Waals surface area contributed by atoms with Crippen molar-refractivity contribution in [1.29, 1.82) is 0 Å². The summed E-state index contributed by atoms with van der Waals surface area (Å²) in [6.07, 6.45) is 2.26. The summed E-state index contributed by atoms with van der Waals surface area (Å²) in [6, 6.07) is 7.37. The van der Waals surface area contributed by atoms with E-state index in [4.69, 9.17) is 19.8 Å². The SMILES string of the molecule is CCCc1ccc(O)cc1.OP(O)O. The normalized spacial score (nSPS) is 9.50. The Morgan fingerprint density at radius 3 is 1.86 bits per heavy atom. The molecule has 80 valence electrons. The molecule has 0 aliphatic rings. The van der Waals surface area contributed by atoms with Gasteiger partial charge in [-0.3, -0.25) is 0 Å². The van der Waals surface area contributed by atoms with Crippen molar-refractivity contribution >= 4 is 8.60 Å². The average Bonchev–Trinajstić information content (AvgIpc) is 2.08. The number of phenolic OH excluding ortho intramolecular Hbond substituents is 1. The summed E-state index contributed by atoms with van der Waals surface area (Å²) in [6.45, 7) is 2.15. The quantitative estimate of drug-likeness (QED) is 0.567. The standard InChI is InChI=1S/C9H12O.H3O3P/c1-2-3-8-4-6-9(10)7-5-8;1-4(2)3/h4-7,10H,2-3H2,1H3;1-3H. The Kier molecular flexibility index (Phi) is 7.34. The molecule has 0 spiro atoms. The van der Waals surface area contributed by atoms with E-state index in [1.54, 1.807) is 12.1 Å². The molecule has 0 radical (unpaired) electrons. The molecule has 1 aromatic carbocycles. The maximum atomic E-state index is 8.92. The maximum absolute atomic E-state index is 8.92. The van der Waals surface area contributed by atoms with Gasteiger partial charge in [-0.05, 0) is 24.1 Å². The topological polar surface area (TPSA) is 80.9 Å². The molecule has 0 unspecified atom stereocenters. The van der Waals surface area contributed by atoms with Crippen LogP contribution in [0.3, 0.4) is 0 Å². The largest absolute Gasteiger partial charge is 0.508 e. The number of hydrogen-bond donors (Lipinski definition) is 4. The predicted octanol–water partition coefficient (Wildman–Crippen LogP) is 1.53. The summed E-state index contributed by atoms with van der Waals surface area (Å²) in [5, 5.41) is 8.92. The van der Waals surface area contributed by atoms with Crippen LogP contribution in [0.4, 0.5) is 0 Å². The van der Waals surface area contributed by atoms with E-state index in [9.17, 15) is 0 Å². The highest BCUT2D eigenvalue weighted by Gasteiger charge is 1.89. The molecule has 4 nitrogen and oxygen atoms in total. The van der Waals surface area contributed by atoms with Crippen LogP contribution < -0.4 is 0 Å². The van der Waals surface area contributed by atoms with Crippen molar-refractivity contribution in [3.05, 3.63) is 29.8 Å². The summed E-state index contributed by atoms with van der Waals surface area (Å²) < 4.78 is 0. The van der Waals surface area contributed by atoms with Crippen LogP contribution in [0.2, 0.25) is 0 Å². The third-order valence-corrected chi connectivity index (χ3v) is 1.48. The third-order valence-electron chi connectivity index (χ3n) is 1.48. The second-order valence-electron chi connectivity index (χ2n) is 2.68. The van der Waals surface area contributed by atoms with Gasteiger partial charge in [0.15, 0.2) is 0 Å². The summed E-state index contributed by atoms with van der Waals surface area (Å²) in [5.74, 6) is 0.347. The molecule has 1 rings (SSSR count). The number of phenols is 1. The van der Waals surface area contributed by atoms with Gasteiger partial charge >= 0.3 is 8.60 Å². The molecular formula is C9H15O4P. The first-order valence-corrected chi connectivity index (χ1v) is 5.41. The van der Waals surface area contributed by atoms with Crippen molar-refractivity contribution in [2.75, 3.05) is 0 Å². The van der Waals surface area contributed by atoms with Crippen molar-refractivity contribution in [1.82, 2.24) is 0 Å². The summed E-state index contributed by atoms with van der Waals surface area (Å²) >= 11 is 0. The first-order chi connectivity index (χ1) is 6.56. The molecule has 1 aromatic rings. The van der Waals surface area contributed by atoms with Gasteiger partial charge < -0.3 is 19.8 Å². The van der Waals surface area contributed by atoms with Crippen molar-refractivity contribution in [3.8, 4) is 5.75 Å². The highest BCUT2D eigenvalue weighted by Crippen LogP contribution is 2.11. The Balaban J connectivity index is 0.000000364. The maximum Gasteiger partial charge on any atom is 0.324 e.